The number of hydrogen-bond acceptors (Lipinski definition) is 6. The van der Waals surface area contributed by atoms with E-state index in [1.165, 1.54) is 0 Å². The summed E-state index contributed by atoms with van der Waals surface area (Å²) in [6.07, 6.45) is 3.53. The quantitative estimate of drug-likeness (QED) is 0.440. The molecule has 0 atom stereocenters. The topological polar surface area (TPSA) is 85.4 Å². The van der Waals surface area contributed by atoms with E-state index in [0.29, 0.717) is 22.9 Å². The molecule has 1 aliphatic heterocycles. The first kappa shape index (κ1) is 19.7. The highest BCUT2D eigenvalue weighted by molar-refractivity contribution is 7.21. The number of aromatic nitrogens is 2. The van der Waals surface area contributed by atoms with Gasteiger partial charge in [-0.05, 0) is 30.3 Å². The number of benzene rings is 2. The monoisotopic (exact) mass is 420 g/mol. The van der Waals surface area contributed by atoms with Gasteiger partial charge in [0.2, 0.25) is 6.79 Å². The molecule has 2 aromatic heterocycles. The Kier molecular flexibility index (Phi) is 5.76. The van der Waals surface area contributed by atoms with Gasteiger partial charge in [0.05, 0.1) is 10.2 Å². The number of amides is 2. The summed E-state index contributed by atoms with van der Waals surface area (Å²) in [5, 5.41) is 6.52. The van der Waals surface area contributed by atoms with E-state index >= 15 is 0 Å². The summed E-state index contributed by atoms with van der Waals surface area (Å²) in [7, 11) is 0. The number of rotatable bonds is 3. The molecule has 0 saturated carbocycles. The zero-order valence-corrected chi connectivity index (χ0v) is 17.3. The van der Waals surface area contributed by atoms with Crippen LogP contribution < -0.4 is 20.1 Å². The standard InChI is InChI=1S/C20H14N4O3S.C2H6/c25-20(23-14-4-5-16-17(9-14)27-11-26-16)22-13-3-1-2-12(8-13)19-24-15-6-7-21-10-18(15)28-19;1-2/h1-10H,11H2,(H2,22,23,25);1-2H3. The average Bonchev–Trinajstić information content (AvgIpc) is 3.42. The lowest BCUT2D eigenvalue weighted by Crippen LogP contribution is -2.19. The Bertz CT molecular complexity index is 1160. The van der Waals surface area contributed by atoms with Crippen molar-refractivity contribution in [3.63, 3.8) is 0 Å². The van der Waals surface area contributed by atoms with Crippen LogP contribution in [0.5, 0.6) is 11.5 Å². The van der Waals surface area contributed by atoms with Gasteiger partial charge in [0.25, 0.3) is 0 Å². The molecule has 30 heavy (non-hydrogen) atoms. The van der Waals surface area contributed by atoms with Crippen molar-refractivity contribution < 1.29 is 14.3 Å². The predicted molar refractivity (Wildman–Crippen MR) is 119 cm³/mol. The summed E-state index contributed by atoms with van der Waals surface area (Å²) in [4.78, 5) is 21.1. The Morgan fingerprint density at radius 3 is 2.63 bits per heavy atom. The summed E-state index contributed by atoms with van der Waals surface area (Å²) >= 11 is 1.56. The van der Waals surface area contributed by atoms with Crippen molar-refractivity contribution in [2.75, 3.05) is 17.4 Å². The molecule has 0 unspecified atom stereocenters. The van der Waals surface area contributed by atoms with Gasteiger partial charge in [0, 0.05) is 35.4 Å². The molecule has 7 nitrogen and oxygen atoms in total. The zero-order valence-electron chi connectivity index (χ0n) is 16.5. The number of urea groups is 1. The fraction of sp³-hybridized carbons (Fsp3) is 0.136. The van der Waals surface area contributed by atoms with Crippen molar-refractivity contribution in [1.29, 1.82) is 0 Å². The van der Waals surface area contributed by atoms with E-state index < -0.39 is 0 Å². The van der Waals surface area contributed by atoms with E-state index in [4.69, 9.17) is 9.47 Å². The highest BCUT2D eigenvalue weighted by Crippen LogP contribution is 2.34. The molecule has 152 valence electrons. The van der Waals surface area contributed by atoms with Gasteiger partial charge >= 0.3 is 6.03 Å². The molecule has 2 N–H and O–H groups in total. The van der Waals surface area contributed by atoms with E-state index in [1.807, 2.05) is 44.2 Å². The largest absolute Gasteiger partial charge is 0.454 e. The normalized spacial score (nSPS) is 11.5. The number of anilines is 2. The summed E-state index contributed by atoms with van der Waals surface area (Å²) < 4.78 is 11.6. The van der Waals surface area contributed by atoms with E-state index in [-0.39, 0.29) is 12.8 Å². The second-order valence-corrected chi connectivity index (χ2v) is 7.12. The number of thiazole rings is 1. The summed E-state index contributed by atoms with van der Waals surface area (Å²) in [5.41, 5.74) is 3.14. The third kappa shape index (κ3) is 4.18. The van der Waals surface area contributed by atoms with Crippen LogP contribution in [-0.4, -0.2) is 22.8 Å². The average molecular weight is 420 g/mol. The van der Waals surface area contributed by atoms with Gasteiger partial charge in [-0.25, -0.2) is 9.78 Å². The molecule has 2 amide bonds. The molecule has 0 radical (unpaired) electrons. The Morgan fingerprint density at radius 1 is 1.00 bits per heavy atom. The zero-order chi connectivity index (χ0) is 20.9. The maximum absolute atomic E-state index is 12.4. The van der Waals surface area contributed by atoms with Crippen LogP contribution in [0.3, 0.4) is 0 Å². The Balaban J connectivity index is 0.00000106. The Morgan fingerprint density at radius 2 is 1.80 bits per heavy atom. The highest BCUT2D eigenvalue weighted by Gasteiger charge is 2.14. The minimum Gasteiger partial charge on any atom is -0.454 e. The van der Waals surface area contributed by atoms with E-state index in [9.17, 15) is 4.79 Å². The van der Waals surface area contributed by atoms with Crippen LogP contribution in [0.25, 0.3) is 20.8 Å². The maximum Gasteiger partial charge on any atom is 0.323 e. The van der Waals surface area contributed by atoms with Crippen molar-refractivity contribution in [2.45, 2.75) is 13.8 Å². The van der Waals surface area contributed by atoms with Gasteiger partial charge in [-0.2, -0.15) is 0 Å². The van der Waals surface area contributed by atoms with Crippen LogP contribution >= 0.6 is 11.3 Å². The van der Waals surface area contributed by atoms with Gasteiger partial charge in [-0.3, -0.25) is 4.98 Å². The first-order valence-corrected chi connectivity index (χ1v) is 10.3. The molecule has 0 aliphatic carbocycles. The molecule has 0 spiro atoms. The van der Waals surface area contributed by atoms with Crippen LogP contribution in [0.1, 0.15) is 13.8 Å². The summed E-state index contributed by atoms with van der Waals surface area (Å²) in [5.74, 6) is 1.29. The minimum atomic E-state index is -0.343. The number of fused-ring (bicyclic) bond motifs is 2. The van der Waals surface area contributed by atoms with Crippen molar-refractivity contribution in [1.82, 2.24) is 9.97 Å². The smallest absolute Gasteiger partial charge is 0.323 e. The lowest BCUT2D eigenvalue weighted by molar-refractivity contribution is 0.174. The molecule has 0 bridgehead atoms. The molecular formula is C22H20N4O3S. The molecule has 5 rings (SSSR count). The van der Waals surface area contributed by atoms with E-state index in [1.54, 1.807) is 41.9 Å². The van der Waals surface area contributed by atoms with Crippen LogP contribution in [0.4, 0.5) is 16.2 Å². The second-order valence-electron chi connectivity index (χ2n) is 6.09. The molecule has 1 aliphatic rings. The second kappa shape index (κ2) is 8.79. The highest BCUT2D eigenvalue weighted by atomic mass is 32.1. The third-order valence-corrected chi connectivity index (χ3v) is 5.24. The molecule has 8 heteroatoms. The summed E-state index contributed by atoms with van der Waals surface area (Å²) in [6.45, 7) is 4.19. The number of pyridine rings is 1. The number of carbonyl (C=O) groups excluding carboxylic acids is 1. The third-order valence-electron chi connectivity index (χ3n) is 4.19. The van der Waals surface area contributed by atoms with Crippen LogP contribution in [0.15, 0.2) is 60.9 Å². The van der Waals surface area contributed by atoms with Gasteiger partial charge in [0.1, 0.15) is 5.01 Å². The number of ether oxygens (including phenoxy) is 2. The van der Waals surface area contributed by atoms with Crippen molar-refractivity contribution in [3.8, 4) is 22.1 Å². The molecule has 4 aromatic rings. The fourth-order valence-corrected chi connectivity index (χ4v) is 3.83. The number of nitrogens with one attached hydrogen (secondary N) is 2. The predicted octanol–water partition coefficient (Wildman–Crippen LogP) is 5.76. The van der Waals surface area contributed by atoms with Crippen molar-refractivity contribution in [3.05, 3.63) is 60.9 Å². The lowest BCUT2D eigenvalue weighted by atomic mass is 10.2. The van der Waals surface area contributed by atoms with E-state index in [2.05, 4.69) is 20.6 Å². The van der Waals surface area contributed by atoms with E-state index in [0.717, 1.165) is 20.8 Å². The Hall–Kier alpha value is -3.65. The number of nitrogens with zero attached hydrogens (tertiary/aromatic N) is 2. The maximum atomic E-state index is 12.4. The Labute approximate surface area is 177 Å². The molecular weight excluding hydrogens is 400 g/mol. The molecule has 0 fully saturated rings. The SMILES string of the molecule is CC.O=C(Nc1cccc(-c2nc3ccncc3s2)c1)Nc1ccc2c(c1)OCO2. The van der Waals surface area contributed by atoms with Gasteiger partial charge in [-0.15, -0.1) is 11.3 Å². The first-order valence-electron chi connectivity index (χ1n) is 9.53. The molecule has 2 aromatic carbocycles. The van der Waals surface area contributed by atoms with Gasteiger partial charge in [-0.1, -0.05) is 26.0 Å². The molecule has 0 saturated heterocycles. The van der Waals surface area contributed by atoms with Gasteiger partial charge < -0.3 is 20.1 Å². The minimum absolute atomic E-state index is 0.194. The van der Waals surface area contributed by atoms with Crippen LogP contribution in [0, 0.1) is 0 Å². The van der Waals surface area contributed by atoms with Crippen molar-refractivity contribution >= 4 is 39.0 Å². The summed E-state index contributed by atoms with van der Waals surface area (Å²) in [6, 6.07) is 14.4. The van der Waals surface area contributed by atoms with Crippen molar-refractivity contribution in [2.24, 2.45) is 0 Å². The number of hydrogen-bond donors (Lipinski definition) is 2. The van der Waals surface area contributed by atoms with Crippen LogP contribution in [0.2, 0.25) is 0 Å². The van der Waals surface area contributed by atoms with Crippen LogP contribution in [-0.2, 0) is 0 Å². The molecule has 3 heterocycles. The lowest BCUT2D eigenvalue weighted by Gasteiger charge is -2.09. The first-order chi connectivity index (χ1) is 14.7. The fourth-order valence-electron chi connectivity index (χ4n) is 2.90. The van der Waals surface area contributed by atoms with Gasteiger partial charge in [0.15, 0.2) is 11.5 Å². The number of carbonyl (C=O) groups is 1.